The van der Waals surface area contributed by atoms with E-state index in [9.17, 15) is 9.59 Å². The van der Waals surface area contributed by atoms with E-state index in [2.05, 4.69) is 4.98 Å². The molecule has 98 valence electrons. The van der Waals surface area contributed by atoms with Crippen LogP contribution in [0.5, 0.6) is 0 Å². The van der Waals surface area contributed by atoms with Crippen LogP contribution >= 0.6 is 0 Å². The third kappa shape index (κ3) is 2.46. The second kappa shape index (κ2) is 5.35. The van der Waals surface area contributed by atoms with Gasteiger partial charge in [-0.05, 0) is 44.4 Å². The van der Waals surface area contributed by atoms with E-state index in [4.69, 9.17) is 5.73 Å². The SMILES string of the molecule is CC1CCC(CN)CN1C(=O)c1ccc[nH]c1=O. The van der Waals surface area contributed by atoms with Crippen molar-refractivity contribution >= 4 is 5.91 Å². The molecule has 1 aromatic rings. The number of hydrogen-bond donors (Lipinski definition) is 2. The summed E-state index contributed by atoms with van der Waals surface area (Å²) >= 11 is 0. The van der Waals surface area contributed by atoms with Crippen molar-refractivity contribution in [3.8, 4) is 0 Å². The van der Waals surface area contributed by atoms with Gasteiger partial charge in [-0.25, -0.2) is 0 Å². The molecular weight excluding hydrogens is 230 g/mol. The molecule has 0 bridgehead atoms. The number of carbonyl (C=O) groups is 1. The molecule has 1 aromatic heterocycles. The van der Waals surface area contributed by atoms with E-state index < -0.39 is 0 Å². The van der Waals surface area contributed by atoms with Crippen molar-refractivity contribution in [1.29, 1.82) is 0 Å². The van der Waals surface area contributed by atoms with Gasteiger partial charge in [-0.3, -0.25) is 9.59 Å². The van der Waals surface area contributed by atoms with Gasteiger partial charge in [0.15, 0.2) is 0 Å². The highest BCUT2D eigenvalue weighted by Crippen LogP contribution is 2.22. The van der Waals surface area contributed by atoms with Crippen molar-refractivity contribution in [2.75, 3.05) is 13.1 Å². The number of H-pyrrole nitrogens is 1. The molecule has 2 unspecified atom stereocenters. The summed E-state index contributed by atoms with van der Waals surface area (Å²) in [6.45, 7) is 3.24. The van der Waals surface area contributed by atoms with Gasteiger partial charge in [0.25, 0.3) is 11.5 Å². The average molecular weight is 249 g/mol. The van der Waals surface area contributed by atoms with Crippen LogP contribution in [-0.2, 0) is 0 Å². The molecule has 3 N–H and O–H groups in total. The monoisotopic (exact) mass is 249 g/mol. The molecule has 1 fully saturated rings. The molecule has 0 radical (unpaired) electrons. The Bertz CT molecular complexity index is 483. The molecule has 1 aliphatic rings. The highest BCUT2D eigenvalue weighted by molar-refractivity contribution is 5.94. The maximum absolute atomic E-state index is 12.4. The van der Waals surface area contributed by atoms with E-state index in [1.165, 1.54) is 6.20 Å². The van der Waals surface area contributed by atoms with Crippen LogP contribution in [0.3, 0.4) is 0 Å². The first-order chi connectivity index (χ1) is 8.63. The minimum absolute atomic E-state index is 0.167. The Morgan fingerprint density at radius 1 is 1.56 bits per heavy atom. The molecule has 1 amide bonds. The van der Waals surface area contributed by atoms with Crippen molar-refractivity contribution < 1.29 is 4.79 Å². The van der Waals surface area contributed by atoms with Crippen LogP contribution in [0.25, 0.3) is 0 Å². The second-order valence-electron chi connectivity index (χ2n) is 4.90. The molecule has 0 spiro atoms. The number of nitrogens with two attached hydrogens (primary N) is 1. The smallest absolute Gasteiger partial charge is 0.260 e. The number of carbonyl (C=O) groups excluding carboxylic acids is 1. The Morgan fingerprint density at radius 2 is 2.33 bits per heavy atom. The standard InChI is InChI=1S/C13H19N3O2/c1-9-4-5-10(7-14)8-16(9)13(18)11-3-2-6-15-12(11)17/h2-3,6,9-10H,4-5,7-8,14H2,1H3,(H,15,17). The van der Waals surface area contributed by atoms with Crippen LogP contribution in [0.4, 0.5) is 0 Å². The Labute approximate surface area is 106 Å². The lowest BCUT2D eigenvalue weighted by atomic mass is 9.93. The van der Waals surface area contributed by atoms with Gasteiger partial charge in [0.1, 0.15) is 5.56 Å². The van der Waals surface area contributed by atoms with E-state index in [0.29, 0.717) is 19.0 Å². The first-order valence-corrected chi connectivity index (χ1v) is 6.32. The number of piperidine rings is 1. The molecule has 0 aromatic carbocycles. The molecule has 1 aliphatic heterocycles. The topological polar surface area (TPSA) is 79.2 Å². The molecule has 2 atom stereocenters. The quantitative estimate of drug-likeness (QED) is 0.804. The number of nitrogens with one attached hydrogen (secondary N) is 1. The Morgan fingerprint density at radius 3 is 3.00 bits per heavy atom. The largest absolute Gasteiger partial charge is 0.335 e. The van der Waals surface area contributed by atoms with Gasteiger partial charge in [-0.1, -0.05) is 0 Å². The molecule has 0 saturated carbocycles. The van der Waals surface area contributed by atoms with Crippen molar-refractivity contribution in [2.45, 2.75) is 25.8 Å². The van der Waals surface area contributed by atoms with Gasteiger partial charge in [0.05, 0.1) is 0 Å². The summed E-state index contributed by atoms with van der Waals surface area (Å²) in [6.07, 6.45) is 3.52. The molecule has 1 saturated heterocycles. The van der Waals surface area contributed by atoms with Crippen LogP contribution in [0.15, 0.2) is 23.1 Å². The summed E-state index contributed by atoms with van der Waals surface area (Å²) in [5.41, 5.74) is 5.55. The zero-order chi connectivity index (χ0) is 13.1. The lowest BCUT2D eigenvalue weighted by Gasteiger charge is -2.37. The summed E-state index contributed by atoms with van der Waals surface area (Å²) in [5, 5.41) is 0. The fourth-order valence-electron chi connectivity index (χ4n) is 2.40. The molecule has 2 heterocycles. The van der Waals surface area contributed by atoms with Crippen molar-refractivity contribution in [3.63, 3.8) is 0 Å². The van der Waals surface area contributed by atoms with E-state index in [-0.39, 0.29) is 23.1 Å². The van der Waals surface area contributed by atoms with Crippen LogP contribution < -0.4 is 11.3 Å². The van der Waals surface area contributed by atoms with Gasteiger partial charge in [0, 0.05) is 18.8 Å². The number of aromatic amines is 1. The fraction of sp³-hybridized carbons (Fsp3) is 0.538. The van der Waals surface area contributed by atoms with E-state index in [1.54, 1.807) is 17.0 Å². The predicted octanol–water partition coefficient (Wildman–Crippen LogP) is 0.574. The van der Waals surface area contributed by atoms with Gasteiger partial charge in [-0.15, -0.1) is 0 Å². The Kier molecular flexibility index (Phi) is 3.81. The van der Waals surface area contributed by atoms with Crippen LogP contribution in [-0.4, -0.2) is 34.9 Å². The molecular formula is C13H19N3O2. The van der Waals surface area contributed by atoms with E-state index in [1.807, 2.05) is 6.92 Å². The minimum atomic E-state index is -0.329. The number of nitrogens with zero attached hydrogens (tertiary/aromatic N) is 1. The summed E-state index contributed by atoms with van der Waals surface area (Å²) in [5.74, 6) is 0.149. The van der Waals surface area contributed by atoms with E-state index in [0.717, 1.165) is 12.8 Å². The fourth-order valence-corrected chi connectivity index (χ4v) is 2.40. The van der Waals surface area contributed by atoms with Crippen LogP contribution in [0.1, 0.15) is 30.1 Å². The van der Waals surface area contributed by atoms with Gasteiger partial charge < -0.3 is 15.6 Å². The molecule has 5 nitrogen and oxygen atoms in total. The third-order valence-electron chi connectivity index (χ3n) is 3.62. The van der Waals surface area contributed by atoms with Gasteiger partial charge in [0.2, 0.25) is 0 Å². The lowest BCUT2D eigenvalue weighted by molar-refractivity contribution is 0.0565. The number of aromatic nitrogens is 1. The highest BCUT2D eigenvalue weighted by atomic mass is 16.2. The number of likely N-dealkylation sites (tertiary alicyclic amines) is 1. The summed E-state index contributed by atoms with van der Waals surface area (Å²) < 4.78 is 0. The molecule has 0 aliphatic carbocycles. The number of hydrogen-bond acceptors (Lipinski definition) is 3. The third-order valence-corrected chi connectivity index (χ3v) is 3.62. The summed E-state index contributed by atoms with van der Waals surface area (Å²) in [7, 11) is 0. The van der Waals surface area contributed by atoms with E-state index >= 15 is 0 Å². The second-order valence-corrected chi connectivity index (χ2v) is 4.90. The maximum Gasteiger partial charge on any atom is 0.260 e. The van der Waals surface area contributed by atoms with Crippen molar-refractivity contribution in [2.24, 2.45) is 11.7 Å². The summed E-state index contributed by atoms with van der Waals surface area (Å²) in [6, 6.07) is 3.41. The average Bonchev–Trinajstić information content (AvgIpc) is 2.39. The van der Waals surface area contributed by atoms with Crippen LogP contribution in [0.2, 0.25) is 0 Å². The van der Waals surface area contributed by atoms with Gasteiger partial charge >= 0.3 is 0 Å². The van der Waals surface area contributed by atoms with Crippen molar-refractivity contribution in [1.82, 2.24) is 9.88 Å². The molecule has 5 heteroatoms. The van der Waals surface area contributed by atoms with Gasteiger partial charge in [-0.2, -0.15) is 0 Å². The lowest BCUT2D eigenvalue weighted by Crippen LogP contribution is -2.48. The summed E-state index contributed by atoms with van der Waals surface area (Å²) in [4.78, 5) is 28.3. The molecule has 18 heavy (non-hydrogen) atoms. The first-order valence-electron chi connectivity index (χ1n) is 6.32. The number of amides is 1. The first kappa shape index (κ1) is 12.8. The number of rotatable bonds is 2. The van der Waals surface area contributed by atoms with Crippen LogP contribution in [0, 0.1) is 5.92 Å². The number of pyridine rings is 1. The predicted molar refractivity (Wildman–Crippen MR) is 69.3 cm³/mol. The highest BCUT2D eigenvalue weighted by Gasteiger charge is 2.29. The maximum atomic E-state index is 12.4. The minimum Gasteiger partial charge on any atom is -0.335 e. The Balaban J connectivity index is 2.22. The normalized spacial score (nSPS) is 24.0. The molecule has 2 rings (SSSR count). The Hall–Kier alpha value is -1.62. The zero-order valence-corrected chi connectivity index (χ0v) is 10.6. The van der Waals surface area contributed by atoms with Crippen molar-refractivity contribution in [3.05, 3.63) is 34.2 Å². The zero-order valence-electron chi connectivity index (χ0n) is 10.6.